The second-order valence-corrected chi connectivity index (χ2v) is 2.93. The summed E-state index contributed by atoms with van der Waals surface area (Å²) in [4.78, 5) is 10.9. The van der Waals surface area contributed by atoms with Crippen molar-refractivity contribution in [3.63, 3.8) is 0 Å². The van der Waals surface area contributed by atoms with Gasteiger partial charge in [0.05, 0.1) is 18.7 Å². The minimum atomic E-state index is -0.452. The summed E-state index contributed by atoms with van der Waals surface area (Å²) in [6, 6.07) is 0. The van der Waals surface area contributed by atoms with Gasteiger partial charge in [-0.3, -0.25) is 10.1 Å². The molecule has 12 heavy (non-hydrogen) atoms. The Labute approximate surface area is 73.5 Å². The van der Waals surface area contributed by atoms with Crippen molar-refractivity contribution in [2.24, 2.45) is 0 Å². The van der Waals surface area contributed by atoms with Crippen LogP contribution in [-0.4, -0.2) is 24.7 Å². The van der Waals surface area contributed by atoms with Crippen molar-refractivity contribution in [3.8, 4) is 12.3 Å². The first kappa shape index (κ1) is 11.0. The van der Waals surface area contributed by atoms with E-state index in [9.17, 15) is 4.79 Å². The predicted octanol–water partition coefficient (Wildman–Crippen LogP) is 0.551. The van der Waals surface area contributed by atoms with E-state index in [1.54, 1.807) is 6.92 Å². The Kier molecular flexibility index (Phi) is 4.38. The summed E-state index contributed by atoms with van der Waals surface area (Å²) in [5, 5.41) is 2.88. The molecule has 0 saturated carbocycles. The van der Waals surface area contributed by atoms with E-state index < -0.39 is 5.54 Å². The van der Waals surface area contributed by atoms with Gasteiger partial charge in [-0.05, 0) is 20.8 Å². The molecule has 0 aromatic rings. The fraction of sp³-hybridized carbons (Fsp3) is 0.667. The summed E-state index contributed by atoms with van der Waals surface area (Å²) in [5.41, 5.74) is -0.452. The van der Waals surface area contributed by atoms with Gasteiger partial charge in [-0.15, -0.1) is 6.42 Å². The lowest BCUT2D eigenvalue weighted by atomic mass is 10.1. The minimum Gasteiger partial charge on any atom is -0.465 e. The monoisotopic (exact) mass is 169 g/mol. The first-order valence-electron chi connectivity index (χ1n) is 3.90. The van der Waals surface area contributed by atoms with Gasteiger partial charge in [-0.2, -0.15) is 0 Å². The first-order chi connectivity index (χ1) is 5.52. The van der Waals surface area contributed by atoms with Gasteiger partial charge in [-0.1, -0.05) is 5.92 Å². The molecule has 1 N–H and O–H groups in total. The van der Waals surface area contributed by atoms with Crippen LogP contribution in [0.4, 0.5) is 0 Å². The van der Waals surface area contributed by atoms with Gasteiger partial charge in [-0.25, -0.2) is 0 Å². The molecule has 0 aromatic carbocycles. The van der Waals surface area contributed by atoms with Gasteiger partial charge in [0, 0.05) is 0 Å². The van der Waals surface area contributed by atoms with E-state index in [2.05, 4.69) is 11.2 Å². The number of nitrogens with one attached hydrogen (secondary N) is 1. The molecule has 0 unspecified atom stereocenters. The Bertz CT molecular complexity index is 191. The molecule has 0 aliphatic carbocycles. The second-order valence-electron chi connectivity index (χ2n) is 2.93. The zero-order valence-corrected chi connectivity index (χ0v) is 7.81. The van der Waals surface area contributed by atoms with E-state index in [4.69, 9.17) is 11.2 Å². The van der Waals surface area contributed by atoms with Crippen molar-refractivity contribution in [2.75, 3.05) is 13.2 Å². The van der Waals surface area contributed by atoms with Crippen LogP contribution in [0.5, 0.6) is 0 Å². The molecular formula is C9H15NO2. The Hall–Kier alpha value is -1.01. The second kappa shape index (κ2) is 4.78. The lowest BCUT2D eigenvalue weighted by Crippen LogP contribution is -2.41. The van der Waals surface area contributed by atoms with Crippen LogP contribution in [0, 0.1) is 12.3 Å². The number of hydrogen-bond donors (Lipinski definition) is 1. The molecule has 0 radical (unpaired) electrons. The van der Waals surface area contributed by atoms with Gasteiger partial charge >= 0.3 is 5.97 Å². The fourth-order valence-corrected chi connectivity index (χ4v) is 0.556. The Morgan fingerprint density at radius 3 is 2.67 bits per heavy atom. The topological polar surface area (TPSA) is 38.3 Å². The third-order valence-electron chi connectivity index (χ3n) is 1.34. The van der Waals surface area contributed by atoms with E-state index >= 15 is 0 Å². The van der Waals surface area contributed by atoms with Crippen LogP contribution in [0.1, 0.15) is 20.8 Å². The number of carbonyl (C=O) groups excluding carboxylic acids is 1. The van der Waals surface area contributed by atoms with Gasteiger partial charge in [0.25, 0.3) is 0 Å². The molecule has 68 valence electrons. The van der Waals surface area contributed by atoms with Crippen LogP contribution in [0.3, 0.4) is 0 Å². The third-order valence-corrected chi connectivity index (χ3v) is 1.34. The standard InChI is InChI=1S/C9H15NO2/c1-5-9(3,4)10-7-8(11)12-6-2/h1,10H,6-7H2,2-4H3. The van der Waals surface area contributed by atoms with E-state index in [1.807, 2.05) is 13.8 Å². The summed E-state index contributed by atoms with van der Waals surface area (Å²) in [7, 11) is 0. The van der Waals surface area contributed by atoms with Crippen molar-refractivity contribution in [1.82, 2.24) is 5.32 Å². The SMILES string of the molecule is C#CC(C)(C)NCC(=O)OCC. The van der Waals surface area contributed by atoms with Crippen LogP contribution in [-0.2, 0) is 9.53 Å². The number of ether oxygens (including phenoxy) is 1. The maximum Gasteiger partial charge on any atom is 0.319 e. The number of terminal acetylenes is 1. The van der Waals surface area contributed by atoms with Crippen molar-refractivity contribution in [2.45, 2.75) is 26.3 Å². The van der Waals surface area contributed by atoms with Gasteiger partial charge in [0.2, 0.25) is 0 Å². The lowest BCUT2D eigenvalue weighted by molar-refractivity contribution is -0.142. The van der Waals surface area contributed by atoms with Crippen molar-refractivity contribution >= 4 is 5.97 Å². The highest BCUT2D eigenvalue weighted by atomic mass is 16.5. The average Bonchev–Trinajstić information content (AvgIpc) is 2.02. The highest BCUT2D eigenvalue weighted by molar-refractivity contribution is 5.71. The van der Waals surface area contributed by atoms with E-state index in [0.717, 1.165) is 0 Å². The minimum absolute atomic E-state index is 0.158. The summed E-state index contributed by atoms with van der Waals surface area (Å²) < 4.78 is 4.71. The number of hydrogen-bond acceptors (Lipinski definition) is 3. The molecule has 0 aliphatic rings. The summed E-state index contributed by atoms with van der Waals surface area (Å²) in [5.74, 6) is 2.24. The Morgan fingerprint density at radius 2 is 2.25 bits per heavy atom. The molecule has 3 heteroatoms. The zero-order valence-electron chi connectivity index (χ0n) is 7.81. The number of carbonyl (C=O) groups is 1. The van der Waals surface area contributed by atoms with Crippen LogP contribution >= 0.6 is 0 Å². The Morgan fingerprint density at radius 1 is 1.67 bits per heavy atom. The van der Waals surface area contributed by atoms with Crippen LogP contribution in [0.15, 0.2) is 0 Å². The van der Waals surface area contributed by atoms with Crippen LogP contribution in [0.25, 0.3) is 0 Å². The molecule has 0 bridgehead atoms. The highest BCUT2D eigenvalue weighted by Gasteiger charge is 2.14. The lowest BCUT2D eigenvalue weighted by Gasteiger charge is -2.18. The maximum atomic E-state index is 10.9. The first-order valence-corrected chi connectivity index (χ1v) is 3.90. The Balaban J connectivity index is 3.70. The van der Waals surface area contributed by atoms with Crippen molar-refractivity contribution in [3.05, 3.63) is 0 Å². The summed E-state index contributed by atoms with van der Waals surface area (Å²) in [6.07, 6.45) is 5.20. The molecule has 0 aliphatic heterocycles. The molecule has 0 aromatic heterocycles. The maximum absolute atomic E-state index is 10.9. The molecule has 0 saturated heterocycles. The molecular weight excluding hydrogens is 154 g/mol. The average molecular weight is 169 g/mol. The molecule has 0 spiro atoms. The van der Waals surface area contributed by atoms with Crippen LogP contribution < -0.4 is 5.32 Å². The van der Waals surface area contributed by atoms with Crippen LogP contribution in [0.2, 0.25) is 0 Å². The summed E-state index contributed by atoms with van der Waals surface area (Å²) in [6.45, 7) is 5.98. The van der Waals surface area contributed by atoms with E-state index in [1.165, 1.54) is 0 Å². The molecule has 3 nitrogen and oxygen atoms in total. The zero-order chi connectivity index (χ0) is 9.61. The normalized spacial score (nSPS) is 10.5. The molecule has 0 fully saturated rings. The van der Waals surface area contributed by atoms with Gasteiger partial charge in [0.1, 0.15) is 0 Å². The molecule has 0 heterocycles. The van der Waals surface area contributed by atoms with Gasteiger partial charge in [0.15, 0.2) is 0 Å². The fourth-order valence-electron chi connectivity index (χ4n) is 0.556. The van der Waals surface area contributed by atoms with Crippen molar-refractivity contribution in [1.29, 1.82) is 0 Å². The van der Waals surface area contributed by atoms with E-state index in [-0.39, 0.29) is 12.5 Å². The third kappa shape index (κ3) is 4.75. The molecule has 0 atom stereocenters. The number of esters is 1. The van der Waals surface area contributed by atoms with Gasteiger partial charge < -0.3 is 4.74 Å². The molecule has 0 amide bonds. The highest BCUT2D eigenvalue weighted by Crippen LogP contribution is 1.97. The predicted molar refractivity (Wildman–Crippen MR) is 47.5 cm³/mol. The molecule has 0 rings (SSSR count). The summed E-state index contributed by atoms with van der Waals surface area (Å²) >= 11 is 0. The smallest absolute Gasteiger partial charge is 0.319 e. The van der Waals surface area contributed by atoms with E-state index in [0.29, 0.717) is 6.61 Å². The number of rotatable bonds is 4. The quantitative estimate of drug-likeness (QED) is 0.493. The largest absolute Gasteiger partial charge is 0.465 e. The van der Waals surface area contributed by atoms with Crippen molar-refractivity contribution < 1.29 is 9.53 Å².